The first-order valence-corrected chi connectivity index (χ1v) is 8.34. The Hall–Kier alpha value is -0.910. The molecule has 114 valence electrons. The molecule has 0 heterocycles. The average Bonchev–Trinajstić information content (AvgIpc) is 2.40. The van der Waals surface area contributed by atoms with Crippen LogP contribution in [0.4, 0.5) is 0 Å². The first-order valence-electron chi connectivity index (χ1n) is 6.90. The number of nitrogens with one attached hydrogen (secondary N) is 1. The van der Waals surface area contributed by atoms with Gasteiger partial charge in [-0.1, -0.05) is 19.1 Å². The zero-order valence-electron chi connectivity index (χ0n) is 13.3. The van der Waals surface area contributed by atoms with Crippen molar-refractivity contribution in [3.8, 4) is 0 Å². The molecule has 0 fully saturated rings. The molecule has 20 heavy (non-hydrogen) atoms. The van der Waals surface area contributed by atoms with E-state index < -0.39 is 15.6 Å². The van der Waals surface area contributed by atoms with E-state index in [1.807, 2.05) is 46.9 Å². The summed E-state index contributed by atoms with van der Waals surface area (Å²) in [4.78, 5) is 0.397. The van der Waals surface area contributed by atoms with Gasteiger partial charge in [0, 0.05) is 19.1 Å². The van der Waals surface area contributed by atoms with Crippen LogP contribution in [0.2, 0.25) is 0 Å². The van der Waals surface area contributed by atoms with Gasteiger partial charge in [-0.3, -0.25) is 0 Å². The minimum atomic E-state index is -3.47. The number of hydrogen-bond donors (Lipinski definition) is 1. The molecule has 0 aliphatic heterocycles. The summed E-state index contributed by atoms with van der Waals surface area (Å²) in [5, 5.41) is 3.04. The van der Waals surface area contributed by atoms with Gasteiger partial charge >= 0.3 is 0 Å². The lowest BCUT2D eigenvalue weighted by molar-refractivity contribution is 0.257. The van der Waals surface area contributed by atoms with E-state index >= 15 is 0 Å². The average molecular weight is 298 g/mol. The lowest BCUT2D eigenvalue weighted by atomic mass is 10.0. The summed E-state index contributed by atoms with van der Waals surface area (Å²) in [6.45, 7) is 8.37. The molecule has 0 radical (unpaired) electrons. The quantitative estimate of drug-likeness (QED) is 0.878. The van der Waals surface area contributed by atoms with Crippen LogP contribution >= 0.6 is 0 Å². The van der Waals surface area contributed by atoms with Crippen molar-refractivity contribution in [2.24, 2.45) is 0 Å². The highest BCUT2D eigenvalue weighted by Gasteiger charge is 2.33. The third kappa shape index (κ3) is 3.40. The molecule has 0 aliphatic rings. The summed E-state index contributed by atoms with van der Waals surface area (Å²) in [5.74, 6) is 0. The lowest BCUT2D eigenvalue weighted by Gasteiger charge is -2.34. The van der Waals surface area contributed by atoms with Crippen molar-refractivity contribution in [1.82, 2.24) is 9.62 Å². The van der Waals surface area contributed by atoms with Gasteiger partial charge in [0.2, 0.25) is 10.0 Å². The third-order valence-electron chi connectivity index (χ3n) is 3.99. The maximum atomic E-state index is 12.8. The van der Waals surface area contributed by atoms with Crippen molar-refractivity contribution < 1.29 is 8.42 Å². The number of hydrogen-bond acceptors (Lipinski definition) is 3. The Morgan fingerprint density at radius 2 is 1.90 bits per heavy atom. The summed E-state index contributed by atoms with van der Waals surface area (Å²) in [6, 6.07) is 5.59. The van der Waals surface area contributed by atoms with Gasteiger partial charge in [-0.05, 0) is 51.4 Å². The molecule has 4 nitrogen and oxygen atoms in total. The van der Waals surface area contributed by atoms with Gasteiger partial charge in [-0.2, -0.15) is 4.31 Å². The first-order chi connectivity index (χ1) is 9.16. The topological polar surface area (TPSA) is 49.4 Å². The lowest BCUT2D eigenvalue weighted by Crippen LogP contribution is -2.44. The molecular weight excluding hydrogens is 272 g/mol. The van der Waals surface area contributed by atoms with Crippen LogP contribution in [0, 0.1) is 6.92 Å². The monoisotopic (exact) mass is 298 g/mol. The zero-order valence-corrected chi connectivity index (χ0v) is 14.1. The fourth-order valence-electron chi connectivity index (χ4n) is 1.93. The van der Waals surface area contributed by atoms with Crippen LogP contribution in [0.15, 0.2) is 23.1 Å². The van der Waals surface area contributed by atoms with E-state index in [1.165, 1.54) is 4.31 Å². The van der Waals surface area contributed by atoms with Gasteiger partial charge in [0.25, 0.3) is 0 Å². The van der Waals surface area contributed by atoms with E-state index in [0.717, 1.165) is 17.5 Å². The smallest absolute Gasteiger partial charge is 0.243 e. The molecule has 0 unspecified atom stereocenters. The summed E-state index contributed by atoms with van der Waals surface area (Å²) in [5.41, 5.74) is 1.35. The summed E-state index contributed by atoms with van der Waals surface area (Å²) in [6.07, 6.45) is 0.762. The van der Waals surface area contributed by atoms with Gasteiger partial charge in [-0.25, -0.2) is 8.42 Å². The molecule has 0 saturated carbocycles. The zero-order chi connectivity index (χ0) is 15.6. The molecule has 0 atom stereocenters. The van der Waals surface area contributed by atoms with E-state index in [0.29, 0.717) is 11.4 Å². The number of sulfonamides is 1. The van der Waals surface area contributed by atoms with E-state index in [4.69, 9.17) is 0 Å². The second kappa shape index (κ2) is 6.24. The predicted octanol–water partition coefficient (Wildman–Crippen LogP) is 2.52. The number of nitrogens with zero attached hydrogens (tertiary/aromatic N) is 1. The Balaban J connectivity index is 3.31. The maximum absolute atomic E-state index is 12.8. The van der Waals surface area contributed by atoms with Gasteiger partial charge in [0.05, 0.1) is 4.90 Å². The highest BCUT2D eigenvalue weighted by Crippen LogP contribution is 2.27. The van der Waals surface area contributed by atoms with Crippen LogP contribution in [0.3, 0.4) is 0 Å². The van der Waals surface area contributed by atoms with E-state index in [9.17, 15) is 8.42 Å². The second-order valence-corrected chi connectivity index (χ2v) is 7.71. The van der Waals surface area contributed by atoms with E-state index in [1.54, 1.807) is 13.1 Å². The van der Waals surface area contributed by atoms with Crippen LogP contribution in [-0.4, -0.2) is 32.4 Å². The second-order valence-electron chi connectivity index (χ2n) is 5.77. The molecule has 0 amide bonds. The molecule has 0 saturated heterocycles. The Bertz CT molecular complexity index is 565. The SMILES string of the molecule is CCC(C)(C)N(C)S(=O)(=O)c1cc(CNC)ccc1C. The van der Waals surface area contributed by atoms with Crippen LogP contribution in [0.1, 0.15) is 38.3 Å². The third-order valence-corrected chi connectivity index (χ3v) is 6.20. The molecule has 0 bridgehead atoms. The number of benzene rings is 1. The van der Waals surface area contributed by atoms with Gasteiger partial charge in [-0.15, -0.1) is 0 Å². The van der Waals surface area contributed by atoms with Crippen molar-refractivity contribution in [2.75, 3.05) is 14.1 Å². The molecule has 0 aliphatic carbocycles. The summed E-state index contributed by atoms with van der Waals surface area (Å²) in [7, 11) is 0.0286. The van der Waals surface area contributed by atoms with Crippen molar-refractivity contribution in [3.05, 3.63) is 29.3 Å². The minimum Gasteiger partial charge on any atom is -0.316 e. The van der Waals surface area contributed by atoms with Crippen LogP contribution in [0.25, 0.3) is 0 Å². The van der Waals surface area contributed by atoms with Crippen molar-refractivity contribution in [1.29, 1.82) is 0 Å². The van der Waals surface area contributed by atoms with Crippen LogP contribution in [-0.2, 0) is 16.6 Å². The van der Waals surface area contributed by atoms with Crippen molar-refractivity contribution in [3.63, 3.8) is 0 Å². The number of aryl methyl sites for hydroxylation is 1. The molecule has 1 rings (SSSR count). The van der Waals surface area contributed by atoms with E-state index in [-0.39, 0.29) is 0 Å². The van der Waals surface area contributed by atoms with E-state index in [2.05, 4.69) is 5.32 Å². The fraction of sp³-hybridized carbons (Fsp3) is 0.600. The Kier molecular flexibility index (Phi) is 5.35. The van der Waals surface area contributed by atoms with Gasteiger partial charge < -0.3 is 5.32 Å². The molecule has 1 aromatic rings. The van der Waals surface area contributed by atoms with Gasteiger partial charge in [0.1, 0.15) is 0 Å². The molecule has 1 N–H and O–H groups in total. The Labute approximate surface area is 123 Å². The first kappa shape index (κ1) is 17.1. The maximum Gasteiger partial charge on any atom is 0.243 e. The molecule has 1 aromatic carbocycles. The molecular formula is C15H26N2O2S. The molecule has 0 spiro atoms. The molecule has 0 aromatic heterocycles. The van der Waals surface area contributed by atoms with Gasteiger partial charge in [0.15, 0.2) is 0 Å². The number of rotatable bonds is 6. The predicted molar refractivity (Wildman–Crippen MR) is 83.3 cm³/mol. The summed E-state index contributed by atoms with van der Waals surface area (Å²) < 4.78 is 27.1. The standard InChI is InChI=1S/C15H26N2O2S/c1-7-15(3,4)17(6)20(18,19)14-10-13(11-16-5)9-8-12(14)2/h8-10,16H,7,11H2,1-6H3. The Morgan fingerprint density at radius 3 is 2.40 bits per heavy atom. The normalized spacial score (nSPS) is 12.9. The van der Waals surface area contributed by atoms with Crippen molar-refractivity contribution in [2.45, 2.75) is 51.1 Å². The molecule has 5 heteroatoms. The minimum absolute atomic E-state index is 0.397. The highest BCUT2D eigenvalue weighted by molar-refractivity contribution is 7.89. The highest BCUT2D eigenvalue weighted by atomic mass is 32.2. The largest absolute Gasteiger partial charge is 0.316 e. The van der Waals surface area contributed by atoms with Crippen LogP contribution in [0.5, 0.6) is 0 Å². The Morgan fingerprint density at radius 1 is 1.30 bits per heavy atom. The van der Waals surface area contributed by atoms with Crippen molar-refractivity contribution >= 4 is 10.0 Å². The summed E-state index contributed by atoms with van der Waals surface area (Å²) >= 11 is 0. The fourth-order valence-corrected chi connectivity index (χ4v) is 3.78. The van der Waals surface area contributed by atoms with Crippen LogP contribution < -0.4 is 5.32 Å².